The third kappa shape index (κ3) is 3.13. The lowest BCUT2D eigenvalue weighted by atomic mass is 9.72. The minimum absolute atomic E-state index is 0.112. The second kappa shape index (κ2) is 6.64. The number of anilines is 1. The Bertz CT molecular complexity index is 915. The maximum atomic E-state index is 13.5. The summed E-state index contributed by atoms with van der Waals surface area (Å²) in [7, 11) is 0. The summed E-state index contributed by atoms with van der Waals surface area (Å²) in [6.07, 6.45) is 5.12. The number of carbonyl (C=O) groups excluding carboxylic acids is 2. The van der Waals surface area contributed by atoms with E-state index in [9.17, 15) is 14.0 Å². The van der Waals surface area contributed by atoms with Crippen LogP contribution in [-0.4, -0.2) is 33.9 Å². The normalized spacial score (nSPS) is 23.5. The van der Waals surface area contributed by atoms with E-state index < -0.39 is 11.8 Å². The molecule has 3 atom stereocenters. The van der Waals surface area contributed by atoms with Gasteiger partial charge in [0.15, 0.2) is 0 Å². The fraction of sp³-hybridized carbons (Fsp3) is 0.350. The van der Waals surface area contributed by atoms with E-state index >= 15 is 0 Å². The van der Waals surface area contributed by atoms with E-state index in [1.54, 1.807) is 11.1 Å². The lowest BCUT2D eigenvalue weighted by molar-refractivity contribution is -0.128. The number of aryl methyl sites for hydroxylation is 1. The zero-order valence-electron chi connectivity index (χ0n) is 15.0. The number of primary amides is 1. The lowest BCUT2D eigenvalue weighted by Crippen LogP contribution is -2.67. The predicted octanol–water partition coefficient (Wildman–Crippen LogP) is 3.07. The molecular formula is C20H21FN4O2. The van der Waals surface area contributed by atoms with Gasteiger partial charge in [0.25, 0.3) is 0 Å². The maximum absolute atomic E-state index is 13.5. The third-order valence-electron chi connectivity index (χ3n) is 5.65. The van der Waals surface area contributed by atoms with Gasteiger partial charge in [-0.3, -0.25) is 9.78 Å². The van der Waals surface area contributed by atoms with Crippen LogP contribution in [0.4, 0.5) is 14.9 Å². The van der Waals surface area contributed by atoms with Gasteiger partial charge in [-0.15, -0.1) is 0 Å². The smallest absolute Gasteiger partial charge is 0.315 e. The Labute approximate surface area is 156 Å². The number of urea groups is 1. The van der Waals surface area contributed by atoms with E-state index in [2.05, 4.69) is 10.3 Å². The molecule has 2 aromatic rings. The fourth-order valence-electron chi connectivity index (χ4n) is 4.27. The van der Waals surface area contributed by atoms with Crippen molar-refractivity contribution < 1.29 is 14.0 Å². The van der Waals surface area contributed by atoms with Crippen LogP contribution in [0.25, 0.3) is 11.1 Å². The molecule has 2 saturated heterocycles. The summed E-state index contributed by atoms with van der Waals surface area (Å²) >= 11 is 0. The standard InChI is InChI=1S/C20H21FN4O2/c1-11-2-3-14(7-17(11)12-6-13(21)10-23-9-12)24-19(26)16-5-4-15-8-18(16)25(15)20(22)27/h2-3,6-7,9-10,15-16,18H,4-5,8H2,1H3,(H2,22,27)(H,24,26). The van der Waals surface area contributed by atoms with Crippen LogP contribution in [0.2, 0.25) is 0 Å². The summed E-state index contributed by atoms with van der Waals surface area (Å²) in [5.41, 5.74) is 8.50. The topological polar surface area (TPSA) is 88.3 Å². The zero-order chi connectivity index (χ0) is 19.1. The molecule has 1 aromatic carbocycles. The molecule has 6 nitrogen and oxygen atoms in total. The van der Waals surface area contributed by atoms with Crippen LogP contribution in [0.3, 0.4) is 0 Å². The van der Waals surface area contributed by atoms with Crippen molar-refractivity contribution in [3.8, 4) is 11.1 Å². The van der Waals surface area contributed by atoms with E-state index in [1.807, 2.05) is 25.1 Å². The van der Waals surface area contributed by atoms with Crippen LogP contribution < -0.4 is 11.1 Å². The third-order valence-corrected chi connectivity index (χ3v) is 5.65. The maximum Gasteiger partial charge on any atom is 0.315 e. The summed E-state index contributed by atoms with van der Waals surface area (Å²) in [6, 6.07) is 6.56. The van der Waals surface area contributed by atoms with E-state index in [-0.39, 0.29) is 23.9 Å². The van der Waals surface area contributed by atoms with Gasteiger partial charge in [0, 0.05) is 29.5 Å². The van der Waals surface area contributed by atoms with Crippen LogP contribution in [0.5, 0.6) is 0 Å². The summed E-state index contributed by atoms with van der Waals surface area (Å²) < 4.78 is 13.5. The van der Waals surface area contributed by atoms with Crippen molar-refractivity contribution in [2.24, 2.45) is 11.7 Å². The quantitative estimate of drug-likeness (QED) is 0.873. The van der Waals surface area contributed by atoms with Crippen molar-refractivity contribution in [2.75, 3.05) is 5.32 Å². The molecule has 27 heavy (non-hydrogen) atoms. The number of amides is 3. The summed E-state index contributed by atoms with van der Waals surface area (Å²) in [5.74, 6) is -0.783. The number of aromatic nitrogens is 1. The molecule has 1 aromatic heterocycles. The van der Waals surface area contributed by atoms with Crippen LogP contribution in [0.15, 0.2) is 36.7 Å². The zero-order valence-corrected chi connectivity index (χ0v) is 15.0. The molecule has 2 aliphatic heterocycles. The largest absolute Gasteiger partial charge is 0.351 e. The molecule has 1 saturated carbocycles. The van der Waals surface area contributed by atoms with Crippen molar-refractivity contribution in [3.63, 3.8) is 0 Å². The summed E-state index contributed by atoms with van der Waals surface area (Å²) in [5, 5.41) is 2.95. The number of hydrogen-bond donors (Lipinski definition) is 2. The number of halogens is 1. The van der Waals surface area contributed by atoms with E-state index in [4.69, 9.17) is 5.73 Å². The minimum atomic E-state index is -0.454. The number of pyridine rings is 1. The van der Waals surface area contributed by atoms with Gasteiger partial charge in [0.2, 0.25) is 5.91 Å². The molecule has 140 valence electrons. The van der Waals surface area contributed by atoms with Crippen LogP contribution >= 0.6 is 0 Å². The first-order valence-corrected chi connectivity index (χ1v) is 9.04. The number of nitrogens with one attached hydrogen (secondary N) is 1. The number of fused-ring (bicyclic) bond motifs is 2. The molecule has 2 bridgehead atoms. The van der Waals surface area contributed by atoms with Crippen LogP contribution in [0.1, 0.15) is 24.8 Å². The average molecular weight is 368 g/mol. The molecule has 3 fully saturated rings. The lowest BCUT2D eigenvalue weighted by Gasteiger charge is -2.55. The molecule has 5 rings (SSSR count). The van der Waals surface area contributed by atoms with E-state index in [1.165, 1.54) is 6.07 Å². The highest BCUT2D eigenvalue weighted by Gasteiger charge is 2.51. The van der Waals surface area contributed by atoms with Crippen molar-refractivity contribution >= 4 is 17.6 Å². The van der Waals surface area contributed by atoms with E-state index in [0.29, 0.717) is 11.3 Å². The molecule has 0 radical (unpaired) electrons. The second-order valence-electron chi connectivity index (χ2n) is 7.30. The van der Waals surface area contributed by atoms with Gasteiger partial charge in [-0.25, -0.2) is 9.18 Å². The van der Waals surface area contributed by atoms with Gasteiger partial charge in [0.05, 0.1) is 12.1 Å². The highest BCUT2D eigenvalue weighted by Crippen LogP contribution is 2.42. The number of rotatable bonds is 3. The van der Waals surface area contributed by atoms with Crippen molar-refractivity contribution in [3.05, 3.63) is 48.0 Å². The predicted molar refractivity (Wildman–Crippen MR) is 99.3 cm³/mol. The molecule has 0 spiro atoms. The molecular weight excluding hydrogens is 347 g/mol. The Morgan fingerprint density at radius 2 is 2.07 bits per heavy atom. The monoisotopic (exact) mass is 368 g/mol. The first-order chi connectivity index (χ1) is 12.9. The minimum Gasteiger partial charge on any atom is -0.351 e. The molecule has 1 aliphatic carbocycles. The number of carbonyl (C=O) groups is 2. The Balaban J connectivity index is 1.54. The average Bonchev–Trinajstić information content (AvgIpc) is 2.62. The van der Waals surface area contributed by atoms with Crippen molar-refractivity contribution in [2.45, 2.75) is 38.3 Å². The first kappa shape index (κ1) is 17.5. The van der Waals surface area contributed by atoms with Gasteiger partial charge < -0.3 is 16.0 Å². The fourth-order valence-corrected chi connectivity index (χ4v) is 4.27. The molecule has 3 heterocycles. The molecule has 7 heteroatoms. The molecule has 3 aliphatic rings. The molecule has 3 amide bonds. The highest BCUT2D eigenvalue weighted by atomic mass is 19.1. The SMILES string of the molecule is Cc1ccc(NC(=O)C2CCC3CC2N3C(N)=O)cc1-c1cncc(F)c1. The first-order valence-electron chi connectivity index (χ1n) is 9.04. The highest BCUT2D eigenvalue weighted by molar-refractivity contribution is 5.94. The van der Waals surface area contributed by atoms with Gasteiger partial charge in [0.1, 0.15) is 5.82 Å². The van der Waals surface area contributed by atoms with Gasteiger partial charge >= 0.3 is 6.03 Å². The summed E-state index contributed by atoms with van der Waals surface area (Å²) in [6.45, 7) is 1.92. The Morgan fingerprint density at radius 3 is 2.78 bits per heavy atom. The Kier molecular flexibility index (Phi) is 4.30. The van der Waals surface area contributed by atoms with E-state index in [0.717, 1.165) is 36.6 Å². The van der Waals surface area contributed by atoms with Crippen molar-refractivity contribution in [1.29, 1.82) is 0 Å². The van der Waals surface area contributed by atoms with Gasteiger partial charge in [-0.05, 0) is 55.5 Å². The van der Waals surface area contributed by atoms with Gasteiger partial charge in [-0.2, -0.15) is 0 Å². The Hall–Kier alpha value is -2.96. The summed E-state index contributed by atoms with van der Waals surface area (Å²) in [4.78, 5) is 29.9. The number of piperidine rings is 1. The molecule has 3 unspecified atom stereocenters. The van der Waals surface area contributed by atoms with Gasteiger partial charge in [-0.1, -0.05) is 6.07 Å². The van der Waals surface area contributed by atoms with Crippen molar-refractivity contribution in [1.82, 2.24) is 9.88 Å². The number of nitrogens with two attached hydrogens (primary N) is 1. The van der Waals surface area contributed by atoms with Crippen LogP contribution in [0, 0.1) is 18.7 Å². The number of hydrogen-bond acceptors (Lipinski definition) is 3. The number of nitrogens with zero attached hydrogens (tertiary/aromatic N) is 2. The second-order valence-corrected chi connectivity index (χ2v) is 7.30. The van der Waals surface area contributed by atoms with Crippen LogP contribution in [-0.2, 0) is 4.79 Å². The number of benzene rings is 1. The molecule has 3 N–H and O–H groups in total. The Morgan fingerprint density at radius 1 is 1.26 bits per heavy atom.